The minimum atomic E-state index is -0.198. The van der Waals surface area contributed by atoms with Gasteiger partial charge in [-0.1, -0.05) is 13.8 Å². The number of fused-ring (bicyclic) bond motifs is 1. The van der Waals surface area contributed by atoms with E-state index < -0.39 is 0 Å². The summed E-state index contributed by atoms with van der Waals surface area (Å²) in [5.41, 5.74) is 7.10. The predicted molar refractivity (Wildman–Crippen MR) is 75.9 cm³/mol. The van der Waals surface area contributed by atoms with Gasteiger partial charge in [-0.25, -0.2) is 4.98 Å². The molecule has 0 fully saturated rings. The Balaban J connectivity index is 2.37. The number of rotatable bonds is 5. The van der Waals surface area contributed by atoms with E-state index in [0.29, 0.717) is 0 Å². The van der Waals surface area contributed by atoms with Crippen LogP contribution in [0.4, 0.5) is 0 Å². The summed E-state index contributed by atoms with van der Waals surface area (Å²) < 4.78 is 6.03. The van der Waals surface area contributed by atoms with Crippen molar-refractivity contribution in [2.45, 2.75) is 64.5 Å². The van der Waals surface area contributed by atoms with Gasteiger partial charge < -0.3 is 10.5 Å². The van der Waals surface area contributed by atoms with Gasteiger partial charge in [-0.2, -0.15) is 0 Å². The maximum absolute atomic E-state index is 6.16. The van der Waals surface area contributed by atoms with Crippen LogP contribution in [0.25, 0.3) is 0 Å². The summed E-state index contributed by atoms with van der Waals surface area (Å²) in [6.45, 7) is 7.15. The monoisotopic (exact) mass is 268 g/mol. The van der Waals surface area contributed by atoms with Crippen molar-refractivity contribution in [3.05, 3.63) is 15.6 Å². The minimum absolute atomic E-state index is 0.131. The number of thiazole rings is 1. The van der Waals surface area contributed by atoms with Crippen molar-refractivity contribution in [2.75, 3.05) is 6.61 Å². The van der Waals surface area contributed by atoms with Gasteiger partial charge in [0, 0.05) is 17.5 Å². The zero-order valence-electron chi connectivity index (χ0n) is 11.7. The molecule has 18 heavy (non-hydrogen) atoms. The molecule has 1 aromatic heterocycles. The van der Waals surface area contributed by atoms with Crippen molar-refractivity contribution < 1.29 is 4.74 Å². The van der Waals surface area contributed by atoms with E-state index in [1.165, 1.54) is 11.3 Å². The van der Waals surface area contributed by atoms with Crippen molar-refractivity contribution in [2.24, 2.45) is 5.73 Å². The molecular formula is C14H24N2OS. The molecule has 0 spiro atoms. The lowest BCUT2D eigenvalue weighted by atomic mass is 9.96. The summed E-state index contributed by atoms with van der Waals surface area (Å²) in [4.78, 5) is 6.22. The Kier molecular flexibility index (Phi) is 4.41. The average Bonchev–Trinajstić information content (AvgIpc) is 2.82. The van der Waals surface area contributed by atoms with Crippen LogP contribution < -0.4 is 5.73 Å². The molecule has 1 atom stereocenters. The molecule has 0 bridgehead atoms. The molecule has 102 valence electrons. The van der Waals surface area contributed by atoms with E-state index >= 15 is 0 Å². The van der Waals surface area contributed by atoms with Crippen molar-refractivity contribution in [3.63, 3.8) is 0 Å². The van der Waals surface area contributed by atoms with E-state index in [1.807, 2.05) is 11.3 Å². The first kappa shape index (κ1) is 14.0. The van der Waals surface area contributed by atoms with E-state index in [-0.39, 0.29) is 11.6 Å². The van der Waals surface area contributed by atoms with Crippen LogP contribution in [0.1, 0.15) is 68.1 Å². The number of hydrogen-bond acceptors (Lipinski definition) is 4. The molecular weight excluding hydrogens is 244 g/mol. The minimum Gasteiger partial charge on any atom is -0.368 e. The molecule has 0 aliphatic heterocycles. The molecule has 3 nitrogen and oxygen atoms in total. The Hall–Kier alpha value is -0.450. The van der Waals surface area contributed by atoms with Crippen LogP contribution in [0.5, 0.6) is 0 Å². The first-order chi connectivity index (χ1) is 8.66. The quantitative estimate of drug-likeness (QED) is 0.888. The SMILES string of the molecule is CCOC(CC)(CC)c1nc2c(s1)CCCC2N. The third-order valence-corrected chi connectivity index (χ3v) is 5.27. The maximum atomic E-state index is 6.16. The van der Waals surface area contributed by atoms with Crippen molar-refractivity contribution >= 4 is 11.3 Å². The maximum Gasteiger partial charge on any atom is 0.125 e. The Bertz CT molecular complexity index is 398. The van der Waals surface area contributed by atoms with Crippen molar-refractivity contribution in [1.29, 1.82) is 0 Å². The van der Waals surface area contributed by atoms with Crippen LogP contribution in [0, 0.1) is 0 Å². The first-order valence-corrected chi connectivity index (χ1v) is 7.88. The highest BCUT2D eigenvalue weighted by atomic mass is 32.1. The number of nitrogens with zero attached hydrogens (tertiary/aromatic N) is 1. The molecule has 0 radical (unpaired) electrons. The van der Waals surface area contributed by atoms with Gasteiger partial charge in [-0.3, -0.25) is 0 Å². The summed E-state index contributed by atoms with van der Waals surface area (Å²) in [5, 5.41) is 1.14. The number of aromatic nitrogens is 1. The van der Waals surface area contributed by atoms with Crippen molar-refractivity contribution in [1.82, 2.24) is 4.98 Å². The van der Waals surface area contributed by atoms with Crippen LogP contribution in [0.2, 0.25) is 0 Å². The largest absolute Gasteiger partial charge is 0.368 e. The molecule has 0 saturated heterocycles. The van der Waals surface area contributed by atoms with Crippen LogP contribution in [0.15, 0.2) is 0 Å². The number of aryl methyl sites for hydroxylation is 1. The third kappa shape index (κ3) is 2.33. The molecule has 1 aromatic rings. The van der Waals surface area contributed by atoms with E-state index in [1.54, 1.807) is 0 Å². The predicted octanol–water partition coefficient (Wildman–Crippen LogP) is 3.53. The molecule has 0 aromatic carbocycles. The smallest absolute Gasteiger partial charge is 0.125 e. The fraction of sp³-hybridized carbons (Fsp3) is 0.786. The molecule has 2 N–H and O–H groups in total. The van der Waals surface area contributed by atoms with Crippen LogP contribution in [-0.4, -0.2) is 11.6 Å². The molecule has 1 aliphatic rings. The average molecular weight is 268 g/mol. The zero-order chi connectivity index (χ0) is 13.2. The van der Waals surface area contributed by atoms with Gasteiger partial charge in [0.1, 0.15) is 10.6 Å². The molecule has 1 unspecified atom stereocenters. The lowest BCUT2D eigenvalue weighted by Crippen LogP contribution is -2.28. The van der Waals surface area contributed by atoms with E-state index in [0.717, 1.165) is 43.0 Å². The highest BCUT2D eigenvalue weighted by Gasteiger charge is 2.35. The normalized spacial score (nSPS) is 19.9. The highest BCUT2D eigenvalue weighted by Crippen LogP contribution is 2.40. The van der Waals surface area contributed by atoms with Crippen LogP contribution in [0.3, 0.4) is 0 Å². The summed E-state index contributed by atoms with van der Waals surface area (Å²) in [5.74, 6) is 0. The second kappa shape index (κ2) is 5.68. The molecule has 4 heteroatoms. The van der Waals surface area contributed by atoms with Gasteiger partial charge in [0.15, 0.2) is 0 Å². The van der Waals surface area contributed by atoms with E-state index in [4.69, 9.17) is 15.5 Å². The number of ether oxygens (including phenoxy) is 1. The zero-order valence-corrected chi connectivity index (χ0v) is 12.5. The lowest BCUT2D eigenvalue weighted by Gasteiger charge is -2.29. The molecule has 0 amide bonds. The summed E-state index contributed by atoms with van der Waals surface area (Å²) in [6, 6.07) is 0.131. The fourth-order valence-corrected chi connectivity index (χ4v) is 4.20. The van der Waals surface area contributed by atoms with Gasteiger partial charge in [-0.15, -0.1) is 11.3 Å². The Morgan fingerprint density at radius 1 is 1.39 bits per heavy atom. The number of hydrogen-bond donors (Lipinski definition) is 1. The van der Waals surface area contributed by atoms with E-state index in [2.05, 4.69) is 20.8 Å². The third-order valence-electron chi connectivity index (χ3n) is 3.95. The Morgan fingerprint density at radius 2 is 2.11 bits per heavy atom. The van der Waals surface area contributed by atoms with Gasteiger partial charge in [-0.05, 0) is 39.0 Å². The summed E-state index contributed by atoms with van der Waals surface area (Å²) >= 11 is 1.82. The fourth-order valence-electron chi connectivity index (χ4n) is 2.74. The number of nitrogens with two attached hydrogens (primary N) is 1. The summed E-state index contributed by atoms with van der Waals surface area (Å²) in [6.07, 6.45) is 5.33. The van der Waals surface area contributed by atoms with Crippen LogP contribution >= 0.6 is 11.3 Å². The molecule has 0 saturated carbocycles. The van der Waals surface area contributed by atoms with Gasteiger partial charge in [0.2, 0.25) is 0 Å². The van der Waals surface area contributed by atoms with Gasteiger partial charge >= 0.3 is 0 Å². The molecule has 2 rings (SSSR count). The topological polar surface area (TPSA) is 48.1 Å². The second-order valence-electron chi connectivity index (χ2n) is 4.96. The molecule has 1 aliphatic carbocycles. The Labute approximate surface area is 114 Å². The summed E-state index contributed by atoms with van der Waals surface area (Å²) in [7, 11) is 0. The van der Waals surface area contributed by atoms with Crippen LogP contribution in [-0.2, 0) is 16.8 Å². The van der Waals surface area contributed by atoms with Crippen molar-refractivity contribution in [3.8, 4) is 0 Å². The lowest BCUT2D eigenvalue weighted by molar-refractivity contribution is -0.0507. The second-order valence-corrected chi connectivity index (χ2v) is 6.04. The van der Waals surface area contributed by atoms with Gasteiger partial charge in [0.25, 0.3) is 0 Å². The van der Waals surface area contributed by atoms with Gasteiger partial charge in [0.05, 0.1) is 5.69 Å². The highest BCUT2D eigenvalue weighted by molar-refractivity contribution is 7.11. The Morgan fingerprint density at radius 3 is 2.67 bits per heavy atom. The standard InChI is InChI=1S/C14H24N2OS/c1-4-14(5-2,17-6-3)13-16-12-10(15)8-7-9-11(12)18-13/h10H,4-9,15H2,1-3H3. The molecule has 1 heterocycles. The first-order valence-electron chi connectivity index (χ1n) is 7.06. The van der Waals surface area contributed by atoms with E-state index in [9.17, 15) is 0 Å².